The molecule has 0 saturated carbocycles. The Morgan fingerprint density at radius 1 is 1.45 bits per heavy atom. The number of allylic oxidation sites excluding steroid dienone is 2. The molecular formula is C15H24N4O. The molecule has 0 aromatic carbocycles. The van der Waals surface area contributed by atoms with Crippen LogP contribution in [0.1, 0.15) is 44.3 Å². The van der Waals surface area contributed by atoms with Gasteiger partial charge in [0.1, 0.15) is 0 Å². The quantitative estimate of drug-likeness (QED) is 0.610. The standard InChI is InChI=1S/C15H24N4O/c1-2-3-4-5-6-8-18-9-7-14-15(11-18)20-12-13-10-16-17-19(13)14/h3-4,10,14-15H,2,5-9,11-12H2,1H3/b4-3-/t14-,15-/m0/s1. The van der Waals surface area contributed by atoms with Gasteiger partial charge in [0.2, 0.25) is 0 Å². The van der Waals surface area contributed by atoms with Gasteiger partial charge in [-0.3, -0.25) is 0 Å². The second-order valence-corrected chi connectivity index (χ2v) is 5.70. The molecule has 0 radical (unpaired) electrons. The number of rotatable bonds is 5. The van der Waals surface area contributed by atoms with Crippen LogP contribution in [-0.4, -0.2) is 45.6 Å². The fraction of sp³-hybridized carbons (Fsp3) is 0.733. The lowest BCUT2D eigenvalue weighted by Crippen LogP contribution is -2.48. The summed E-state index contributed by atoms with van der Waals surface area (Å²) in [5, 5.41) is 8.22. The molecule has 0 aliphatic carbocycles. The van der Waals surface area contributed by atoms with Crippen molar-refractivity contribution in [1.82, 2.24) is 19.9 Å². The maximum atomic E-state index is 5.99. The van der Waals surface area contributed by atoms with E-state index in [0.29, 0.717) is 12.6 Å². The van der Waals surface area contributed by atoms with Crippen LogP contribution in [0.5, 0.6) is 0 Å². The van der Waals surface area contributed by atoms with Gasteiger partial charge in [-0.2, -0.15) is 0 Å². The highest BCUT2D eigenvalue weighted by atomic mass is 16.5. The fourth-order valence-corrected chi connectivity index (χ4v) is 3.17. The van der Waals surface area contributed by atoms with Crippen molar-refractivity contribution < 1.29 is 4.74 Å². The summed E-state index contributed by atoms with van der Waals surface area (Å²) >= 11 is 0. The Morgan fingerprint density at radius 2 is 2.40 bits per heavy atom. The van der Waals surface area contributed by atoms with Crippen LogP contribution in [0.2, 0.25) is 0 Å². The summed E-state index contributed by atoms with van der Waals surface area (Å²) in [6.45, 7) is 6.18. The van der Waals surface area contributed by atoms with E-state index in [1.54, 1.807) is 0 Å². The topological polar surface area (TPSA) is 43.2 Å². The van der Waals surface area contributed by atoms with Crippen LogP contribution in [-0.2, 0) is 11.3 Å². The van der Waals surface area contributed by atoms with E-state index in [2.05, 4.69) is 39.0 Å². The van der Waals surface area contributed by atoms with E-state index in [9.17, 15) is 0 Å². The third-order valence-electron chi connectivity index (χ3n) is 4.26. The second kappa shape index (κ2) is 6.50. The Labute approximate surface area is 120 Å². The highest BCUT2D eigenvalue weighted by molar-refractivity contribution is 5.01. The largest absolute Gasteiger partial charge is 0.368 e. The van der Waals surface area contributed by atoms with Crippen molar-refractivity contribution in [3.63, 3.8) is 0 Å². The number of piperidine rings is 1. The van der Waals surface area contributed by atoms with Crippen molar-refractivity contribution in [2.24, 2.45) is 0 Å². The van der Waals surface area contributed by atoms with Gasteiger partial charge >= 0.3 is 0 Å². The van der Waals surface area contributed by atoms with E-state index in [-0.39, 0.29) is 6.10 Å². The summed E-state index contributed by atoms with van der Waals surface area (Å²) in [5.74, 6) is 0. The number of ether oxygens (including phenoxy) is 1. The van der Waals surface area contributed by atoms with Gasteiger partial charge in [-0.25, -0.2) is 4.68 Å². The maximum absolute atomic E-state index is 5.99. The van der Waals surface area contributed by atoms with Gasteiger partial charge in [0.05, 0.1) is 30.6 Å². The molecule has 0 unspecified atom stereocenters. The van der Waals surface area contributed by atoms with Crippen molar-refractivity contribution in [3.8, 4) is 0 Å². The molecule has 0 bridgehead atoms. The third-order valence-corrected chi connectivity index (χ3v) is 4.26. The molecule has 1 fully saturated rings. The zero-order valence-electron chi connectivity index (χ0n) is 12.2. The van der Waals surface area contributed by atoms with E-state index in [1.165, 1.54) is 19.4 Å². The van der Waals surface area contributed by atoms with E-state index >= 15 is 0 Å². The monoisotopic (exact) mass is 276 g/mol. The first-order chi connectivity index (χ1) is 9.88. The van der Waals surface area contributed by atoms with Gasteiger partial charge < -0.3 is 9.64 Å². The Bertz CT molecular complexity index is 456. The number of nitrogens with zero attached hydrogens (tertiary/aromatic N) is 4. The highest BCUT2D eigenvalue weighted by Crippen LogP contribution is 2.30. The van der Waals surface area contributed by atoms with Crippen LogP contribution in [0.15, 0.2) is 18.3 Å². The molecule has 3 heterocycles. The first-order valence-corrected chi connectivity index (χ1v) is 7.76. The van der Waals surface area contributed by atoms with Crippen molar-refractivity contribution >= 4 is 0 Å². The molecule has 2 aliphatic heterocycles. The predicted octanol–water partition coefficient (Wildman–Crippen LogP) is 2.17. The zero-order chi connectivity index (χ0) is 13.8. The molecule has 2 atom stereocenters. The number of aromatic nitrogens is 3. The number of unbranched alkanes of at least 4 members (excludes halogenated alkanes) is 1. The molecule has 1 aromatic heterocycles. The fourth-order valence-electron chi connectivity index (χ4n) is 3.17. The first kappa shape index (κ1) is 13.8. The minimum Gasteiger partial charge on any atom is -0.368 e. The molecule has 1 aromatic rings. The molecule has 110 valence electrons. The van der Waals surface area contributed by atoms with Crippen LogP contribution in [0, 0.1) is 0 Å². The third kappa shape index (κ3) is 2.94. The second-order valence-electron chi connectivity index (χ2n) is 5.70. The summed E-state index contributed by atoms with van der Waals surface area (Å²) < 4.78 is 8.06. The Balaban J connectivity index is 1.49. The average Bonchev–Trinajstić information content (AvgIpc) is 2.95. The summed E-state index contributed by atoms with van der Waals surface area (Å²) in [6.07, 6.45) is 11.3. The van der Waals surface area contributed by atoms with Gasteiger partial charge in [-0.05, 0) is 32.2 Å². The Morgan fingerprint density at radius 3 is 3.30 bits per heavy atom. The van der Waals surface area contributed by atoms with Gasteiger partial charge in [0.15, 0.2) is 0 Å². The average molecular weight is 276 g/mol. The van der Waals surface area contributed by atoms with Crippen LogP contribution in [0.25, 0.3) is 0 Å². The van der Waals surface area contributed by atoms with E-state index < -0.39 is 0 Å². The van der Waals surface area contributed by atoms with Crippen molar-refractivity contribution in [2.75, 3.05) is 19.6 Å². The lowest BCUT2D eigenvalue weighted by atomic mass is 10.00. The smallest absolute Gasteiger partial charge is 0.0932 e. The van der Waals surface area contributed by atoms with Crippen molar-refractivity contribution in [3.05, 3.63) is 24.0 Å². The van der Waals surface area contributed by atoms with Gasteiger partial charge in [0.25, 0.3) is 0 Å². The summed E-state index contributed by atoms with van der Waals surface area (Å²) in [5.41, 5.74) is 1.12. The summed E-state index contributed by atoms with van der Waals surface area (Å²) in [4.78, 5) is 2.53. The normalized spacial score (nSPS) is 26.6. The molecule has 3 rings (SSSR count). The number of hydrogen-bond acceptors (Lipinski definition) is 4. The molecule has 2 aliphatic rings. The van der Waals surface area contributed by atoms with Gasteiger partial charge in [0, 0.05) is 13.1 Å². The van der Waals surface area contributed by atoms with Crippen molar-refractivity contribution in [2.45, 2.75) is 51.4 Å². The first-order valence-electron chi connectivity index (χ1n) is 7.76. The number of fused-ring (bicyclic) bond motifs is 3. The van der Waals surface area contributed by atoms with Gasteiger partial charge in [-0.1, -0.05) is 24.3 Å². The molecule has 5 nitrogen and oxygen atoms in total. The minimum atomic E-state index is 0.282. The van der Waals surface area contributed by atoms with Gasteiger partial charge in [-0.15, -0.1) is 5.10 Å². The highest BCUT2D eigenvalue weighted by Gasteiger charge is 2.35. The summed E-state index contributed by atoms with van der Waals surface area (Å²) in [6, 6.07) is 0.387. The lowest BCUT2D eigenvalue weighted by molar-refractivity contribution is -0.0688. The molecule has 0 spiro atoms. The zero-order valence-corrected chi connectivity index (χ0v) is 12.2. The molecular weight excluding hydrogens is 252 g/mol. The maximum Gasteiger partial charge on any atom is 0.0932 e. The number of hydrogen-bond donors (Lipinski definition) is 0. The van der Waals surface area contributed by atoms with Crippen LogP contribution in [0.3, 0.4) is 0 Å². The molecule has 20 heavy (non-hydrogen) atoms. The number of likely N-dealkylation sites (tertiary alicyclic amines) is 1. The summed E-state index contributed by atoms with van der Waals surface area (Å²) in [7, 11) is 0. The van der Waals surface area contributed by atoms with Crippen LogP contribution < -0.4 is 0 Å². The minimum absolute atomic E-state index is 0.282. The van der Waals surface area contributed by atoms with E-state index in [1.807, 2.05) is 6.20 Å². The van der Waals surface area contributed by atoms with Crippen molar-refractivity contribution in [1.29, 1.82) is 0 Å². The molecule has 0 amide bonds. The lowest BCUT2D eigenvalue weighted by Gasteiger charge is -2.41. The van der Waals surface area contributed by atoms with Crippen LogP contribution in [0.4, 0.5) is 0 Å². The van der Waals surface area contributed by atoms with E-state index in [0.717, 1.165) is 31.6 Å². The predicted molar refractivity (Wildman–Crippen MR) is 77.4 cm³/mol. The molecule has 5 heteroatoms. The Hall–Kier alpha value is -1.20. The molecule has 0 N–H and O–H groups in total. The van der Waals surface area contributed by atoms with E-state index in [4.69, 9.17) is 4.74 Å². The molecule has 1 saturated heterocycles. The SMILES string of the molecule is CC/C=C\CCCN1CC[C@H]2[C@H](C1)OCc1cnnn12. The van der Waals surface area contributed by atoms with Crippen LogP contribution >= 0.6 is 0 Å². The Kier molecular flexibility index (Phi) is 4.47.